The second-order valence-corrected chi connectivity index (χ2v) is 4.05. The van der Waals surface area contributed by atoms with E-state index in [4.69, 9.17) is 0 Å². The predicted octanol–water partition coefficient (Wildman–Crippen LogP) is 3.27. The third-order valence-corrected chi connectivity index (χ3v) is 2.65. The average Bonchev–Trinajstić information content (AvgIpc) is 2.49. The lowest BCUT2D eigenvalue weighted by Crippen LogP contribution is -2.09. The Balaban J connectivity index is 2.55. The van der Waals surface area contributed by atoms with Gasteiger partial charge < -0.3 is 10.6 Å². The van der Waals surface area contributed by atoms with Gasteiger partial charge in [-0.25, -0.2) is 26.9 Å². The Labute approximate surface area is 116 Å². The Morgan fingerprint density at radius 2 is 1.43 bits per heavy atom. The summed E-state index contributed by atoms with van der Waals surface area (Å²) < 4.78 is 66.3. The highest BCUT2D eigenvalue weighted by atomic mass is 19.2. The van der Waals surface area contributed by atoms with Gasteiger partial charge in [0.25, 0.3) is 0 Å². The van der Waals surface area contributed by atoms with Crippen LogP contribution in [0.1, 0.15) is 5.56 Å². The second-order valence-electron chi connectivity index (χ2n) is 4.05. The number of rotatable bonds is 3. The van der Waals surface area contributed by atoms with E-state index in [2.05, 4.69) is 20.6 Å². The highest BCUT2D eigenvalue weighted by Gasteiger charge is 2.26. The van der Waals surface area contributed by atoms with Gasteiger partial charge in [0.05, 0.1) is 0 Å². The van der Waals surface area contributed by atoms with Crippen molar-refractivity contribution < 1.29 is 22.0 Å². The van der Waals surface area contributed by atoms with Crippen molar-refractivity contribution in [2.75, 3.05) is 17.7 Å². The van der Waals surface area contributed by atoms with Gasteiger partial charge in [-0.2, -0.15) is 4.98 Å². The minimum Gasteiger partial charge on any atom is -0.357 e. The number of hydrogen-bond acceptors (Lipinski definition) is 4. The van der Waals surface area contributed by atoms with Gasteiger partial charge in [0.1, 0.15) is 11.5 Å². The van der Waals surface area contributed by atoms with Crippen molar-refractivity contribution in [2.24, 2.45) is 0 Å². The molecule has 1 heterocycles. The third kappa shape index (κ3) is 2.58. The highest BCUT2D eigenvalue weighted by Crippen LogP contribution is 2.30. The molecule has 4 nitrogen and oxygen atoms in total. The van der Waals surface area contributed by atoms with Crippen molar-refractivity contribution >= 4 is 17.5 Å². The summed E-state index contributed by atoms with van der Waals surface area (Å²) in [5.74, 6) is -10.2. The molecule has 1 aromatic carbocycles. The molecule has 0 aliphatic rings. The maximum atomic E-state index is 13.6. The molecule has 21 heavy (non-hydrogen) atoms. The fourth-order valence-electron chi connectivity index (χ4n) is 1.52. The summed E-state index contributed by atoms with van der Waals surface area (Å²) in [6, 6.07) is 0. The van der Waals surface area contributed by atoms with Crippen LogP contribution in [-0.4, -0.2) is 17.0 Å². The van der Waals surface area contributed by atoms with E-state index in [1.165, 1.54) is 20.2 Å². The molecule has 2 rings (SSSR count). The Kier molecular flexibility index (Phi) is 3.92. The number of aryl methyl sites for hydroxylation is 1. The van der Waals surface area contributed by atoms with Crippen molar-refractivity contribution in [3.8, 4) is 0 Å². The van der Waals surface area contributed by atoms with Crippen molar-refractivity contribution in [1.82, 2.24) is 9.97 Å². The first-order chi connectivity index (χ1) is 9.86. The summed E-state index contributed by atoms with van der Waals surface area (Å²) in [6.07, 6.45) is 1.33. The standard InChI is InChI=1S/C12H9F5N4/c1-4-3-19-12(18-2)21-11(4)20-10-8(16)6(14)5(13)7(15)9(10)17/h3H,1-2H3,(H2,18,19,20,21). The molecule has 0 radical (unpaired) electrons. The predicted molar refractivity (Wildman–Crippen MR) is 65.8 cm³/mol. The average molecular weight is 304 g/mol. The van der Waals surface area contributed by atoms with E-state index >= 15 is 0 Å². The second kappa shape index (κ2) is 5.51. The lowest BCUT2D eigenvalue weighted by Gasteiger charge is -2.12. The monoisotopic (exact) mass is 304 g/mol. The minimum atomic E-state index is -2.22. The molecular weight excluding hydrogens is 295 g/mol. The van der Waals surface area contributed by atoms with Crippen LogP contribution in [0.5, 0.6) is 0 Å². The molecule has 0 atom stereocenters. The molecule has 0 bridgehead atoms. The van der Waals surface area contributed by atoms with Gasteiger partial charge >= 0.3 is 0 Å². The molecule has 2 aromatic rings. The van der Waals surface area contributed by atoms with Gasteiger partial charge in [0.15, 0.2) is 23.3 Å². The molecule has 0 saturated heterocycles. The molecule has 1 aromatic heterocycles. The van der Waals surface area contributed by atoms with Crippen LogP contribution in [0.25, 0.3) is 0 Å². The summed E-state index contributed by atoms with van der Waals surface area (Å²) in [5.41, 5.74) is -0.812. The van der Waals surface area contributed by atoms with Crippen LogP contribution in [0.15, 0.2) is 6.20 Å². The lowest BCUT2D eigenvalue weighted by molar-refractivity contribution is 0.382. The van der Waals surface area contributed by atoms with Crippen LogP contribution in [-0.2, 0) is 0 Å². The number of benzene rings is 1. The topological polar surface area (TPSA) is 49.8 Å². The summed E-state index contributed by atoms with van der Waals surface area (Å²) in [7, 11) is 1.51. The van der Waals surface area contributed by atoms with Crippen LogP contribution < -0.4 is 10.6 Å². The van der Waals surface area contributed by atoms with Crippen LogP contribution in [0.2, 0.25) is 0 Å². The van der Waals surface area contributed by atoms with E-state index in [0.29, 0.717) is 5.56 Å². The summed E-state index contributed by atoms with van der Waals surface area (Å²) in [4.78, 5) is 7.68. The number of nitrogens with zero attached hydrogens (tertiary/aromatic N) is 2. The van der Waals surface area contributed by atoms with Gasteiger partial charge in [-0.1, -0.05) is 0 Å². The largest absolute Gasteiger partial charge is 0.357 e. The van der Waals surface area contributed by atoms with E-state index in [1.807, 2.05) is 0 Å². The number of hydrogen-bond donors (Lipinski definition) is 2. The fourth-order valence-corrected chi connectivity index (χ4v) is 1.52. The van der Waals surface area contributed by atoms with Crippen molar-refractivity contribution in [3.63, 3.8) is 0 Å². The maximum Gasteiger partial charge on any atom is 0.224 e. The first-order valence-corrected chi connectivity index (χ1v) is 5.66. The zero-order chi connectivity index (χ0) is 15.7. The molecule has 0 amide bonds. The third-order valence-electron chi connectivity index (χ3n) is 2.65. The molecule has 112 valence electrons. The fraction of sp³-hybridized carbons (Fsp3) is 0.167. The first-order valence-electron chi connectivity index (χ1n) is 5.66. The summed E-state index contributed by atoms with van der Waals surface area (Å²) in [6.45, 7) is 1.51. The number of anilines is 3. The summed E-state index contributed by atoms with van der Waals surface area (Å²) >= 11 is 0. The van der Waals surface area contributed by atoms with Crippen LogP contribution in [0, 0.1) is 36.0 Å². The van der Waals surface area contributed by atoms with E-state index in [0.717, 1.165) is 0 Å². The van der Waals surface area contributed by atoms with E-state index in [9.17, 15) is 22.0 Å². The van der Waals surface area contributed by atoms with Crippen molar-refractivity contribution in [1.29, 1.82) is 0 Å². The van der Waals surface area contributed by atoms with Crippen LogP contribution >= 0.6 is 0 Å². The van der Waals surface area contributed by atoms with Crippen molar-refractivity contribution in [3.05, 3.63) is 40.8 Å². The van der Waals surface area contributed by atoms with Crippen LogP contribution in [0.4, 0.5) is 39.4 Å². The van der Waals surface area contributed by atoms with Gasteiger partial charge in [-0.15, -0.1) is 0 Å². The zero-order valence-corrected chi connectivity index (χ0v) is 10.9. The summed E-state index contributed by atoms with van der Waals surface area (Å²) in [5, 5.41) is 4.69. The zero-order valence-electron chi connectivity index (χ0n) is 10.9. The normalized spacial score (nSPS) is 10.6. The molecule has 0 spiro atoms. The van der Waals surface area contributed by atoms with E-state index in [1.54, 1.807) is 0 Å². The van der Waals surface area contributed by atoms with E-state index in [-0.39, 0.29) is 11.8 Å². The Bertz CT molecular complexity index is 676. The molecule has 0 saturated carbocycles. The van der Waals surface area contributed by atoms with Gasteiger partial charge in [0, 0.05) is 18.8 Å². The number of halogens is 5. The molecule has 0 unspecified atom stereocenters. The lowest BCUT2D eigenvalue weighted by atomic mass is 10.2. The molecule has 0 aliphatic carbocycles. The SMILES string of the molecule is CNc1ncc(C)c(Nc2c(F)c(F)c(F)c(F)c2F)n1. The van der Waals surface area contributed by atoms with E-state index < -0.39 is 34.8 Å². The molecule has 0 aliphatic heterocycles. The van der Waals surface area contributed by atoms with Gasteiger partial charge in [0.2, 0.25) is 11.8 Å². The quantitative estimate of drug-likeness (QED) is 0.519. The maximum absolute atomic E-state index is 13.6. The molecule has 0 fully saturated rings. The first kappa shape index (κ1) is 14.9. The van der Waals surface area contributed by atoms with Crippen LogP contribution in [0.3, 0.4) is 0 Å². The van der Waals surface area contributed by atoms with Gasteiger partial charge in [-0.3, -0.25) is 0 Å². The Hall–Kier alpha value is -2.45. The Morgan fingerprint density at radius 1 is 0.905 bits per heavy atom. The Morgan fingerprint density at radius 3 is 1.95 bits per heavy atom. The molecular formula is C12H9F5N4. The molecule has 9 heteroatoms. The smallest absolute Gasteiger partial charge is 0.224 e. The highest BCUT2D eigenvalue weighted by molar-refractivity contribution is 5.61. The minimum absolute atomic E-state index is 0.0856. The number of nitrogens with one attached hydrogen (secondary N) is 2. The molecule has 2 N–H and O–H groups in total. The van der Waals surface area contributed by atoms with Crippen molar-refractivity contribution in [2.45, 2.75) is 6.92 Å². The van der Waals surface area contributed by atoms with Gasteiger partial charge in [-0.05, 0) is 6.92 Å². The number of aromatic nitrogens is 2.